The van der Waals surface area contributed by atoms with E-state index in [0.29, 0.717) is 29.5 Å². The molecule has 2 aromatic carbocycles. The number of para-hydroxylation sites is 2. The number of carbonyl (C=O) groups is 1. The Kier molecular flexibility index (Phi) is 6.84. The number of ether oxygens (including phenoxy) is 1. The highest BCUT2D eigenvalue weighted by atomic mass is 79.9. The molecule has 0 saturated carbocycles. The van der Waals surface area contributed by atoms with Gasteiger partial charge in [-0.15, -0.1) is 0 Å². The summed E-state index contributed by atoms with van der Waals surface area (Å²) < 4.78 is 9.31. The normalized spacial score (nSPS) is 10.8. The van der Waals surface area contributed by atoms with Crippen molar-refractivity contribution in [3.63, 3.8) is 0 Å². The Labute approximate surface area is 188 Å². The van der Waals surface area contributed by atoms with Gasteiger partial charge < -0.3 is 26.3 Å². The van der Waals surface area contributed by atoms with Gasteiger partial charge in [-0.05, 0) is 36.4 Å². The van der Waals surface area contributed by atoms with E-state index in [1.807, 2.05) is 46.9 Å². The highest BCUT2D eigenvalue weighted by Gasteiger charge is 2.26. The summed E-state index contributed by atoms with van der Waals surface area (Å²) in [6, 6.07) is 18.1. The van der Waals surface area contributed by atoms with Crippen LogP contribution in [0, 0.1) is 0 Å². The van der Waals surface area contributed by atoms with Gasteiger partial charge in [0.05, 0.1) is 35.6 Å². The minimum atomic E-state index is -0.409. The number of benzene rings is 2. The van der Waals surface area contributed by atoms with E-state index in [0.717, 1.165) is 16.6 Å². The van der Waals surface area contributed by atoms with E-state index in [4.69, 9.17) is 20.9 Å². The molecule has 9 heteroatoms. The second kappa shape index (κ2) is 9.36. The molecule has 0 spiro atoms. The topological polar surface area (TPSA) is 100 Å². The fourth-order valence-corrected chi connectivity index (χ4v) is 3.94. The summed E-state index contributed by atoms with van der Waals surface area (Å²) in [5, 5.41) is 5.85. The number of nitrogens with two attached hydrogens (primary N) is 2. The maximum absolute atomic E-state index is 12.8. The second-order valence-corrected chi connectivity index (χ2v) is 7.56. The van der Waals surface area contributed by atoms with Crippen molar-refractivity contribution in [2.24, 2.45) is 5.73 Å². The first kappa shape index (κ1) is 21.9. The van der Waals surface area contributed by atoms with Crippen molar-refractivity contribution in [1.82, 2.24) is 14.0 Å². The molecule has 0 amide bonds. The van der Waals surface area contributed by atoms with Gasteiger partial charge in [0.15, 0.2) is 5.69 Å². The lowest BCUT2D eigenvalue weighted by atomic mass is 10.2. The zero-order valence-electron chi connectivity index (χ0n) is 16.4. The van der Waals surface area contributed by atoms with E-state index in [1.54, 1.807) is 6.92 Å². The van der Waals surface area contributed by atoms with Crippen LogP contribution in [0.15, 0.2) is 54.6 Å². The molecule has 2 aromatic heterocycles. The minimum absolute atomic E-state index is 0. The molecule has 156 valence electrons. The van der Waals surface area contributed by atoms with Crippen LogP contribution in [-0.4, -0.2) is 31.7 Å². The third-order valence-corrected chi connectivity index (χ3v) is 5.37. The highest BCUT2D eigenvalue weighted by molar-refractivity contribution is 8.12. The van der Waals surface area contributed by atoms with Crippen LogP contribution in [0.25, 0.3) is 16.8 Å². The molecule has 2 heterocycles. The van der Waals surface area contributed by atoms with Crippen LogP contribution in [0.4, 0.5) is 0 Å². The molecular weight excluding hydrogens is 466 g/mol. The van der Waals surface area contributed by atoms with Gasteiger partial charge in [0.1, 0.15) is 0 Å². The number of imidazole rings is 2. The molecule has 4 N–H and O–H groups in total. The predicted molar refractivity (Wildman–Crippen MR) is 115 cm³/mol. The van der Waals surface area contributed by atoms with Crippen molar-refractivity contribution < 1.29 is 31.9 Å². The summed E-state index contributed by atoms with van der Waals surface area (Å²) in [6.07, 6.45) is 0. The van der Waals surface area contributed by atoms with Gasteiger partial charge in [-0.3, -0.25) is 15.5 Å². The predicted octanol–water partition coefficient (Wildman–Crippen LogP) is -1.17. The number of nitrogens with zero attached hydrogens (tertiary/aromatic N) is 3. The standard InChI is InChI=1S/C21H21N5O2S.BrH/c1-2-28-19(27)18-15(13-29-20(22)23)24-21-25(12-14-8-4-3-5-9-14)16-10-6-7-11-17(16)26(18)21;/h3-11H,2,12-13H2,1H3,(H3,22,23);1H. The number of fused-ring (bicyclic) bond motifs is 3. The average Bonchev–Trinajstić information content (AvgIpc) is 3.23. The van der Waals surface area contributed by atoms with Crippen LogP contribution in [0.5, 0.6) is 0 Å². The Bertz CT molecular complexity index is 1200. The zero-order valence-corrected chi connectivity index (χ0v) is 18.8. The Morgan fingerprint density at radius 1 is 1.13 bits per heavy atom. The summed E-state index contributed by atoms with van der Waals surface area (Å²) in [4.78, 5) is 17.6. The van der Waals surface area contributed by atoms with Crippen LogP contribution in [-0.2, 0) is 17.0 Å². The first-order valence-corrected chi connectivity index (χ1v) is 10.3. The molecule has 0 aliphatic heterocycles. The molecule has 7 nitrogen and oxygen atoms in total. The molecule has 0 aliphatic rings. The Morgan fingerprint density at radius 2 is 1.80 bits per heavy atom. The lowest BCUT2D eigenvalue weighted by Gasteiger charge is -2.05. The fraction of sp³-hybridized carbons (Fsp3) is 0.190. The molecular formula is C21H22BrN5O2S. The van der Waals surface area contributed by atoms with Gasteiger partial charge in [0, 0.05) is 0 Å². The SMILES string of the molecule is CCOC(=O)c1c(CSC(N)=[NH2+])nc2n(Cc3ccccc3)c3ccccc3n12.[Br-]. The lowest BCUT2D eigenvalue weighted by Crippen LogP contribution is -3.00. The number of hydrogen-bond acceptors (Lipinski definition) is 4. The van der Waals surface area contributed by atoms with Crippen LogP contribution in [0.3, 0.4) is 0 Å². The monoisotopic (exact) mass is 487 g/mol. The zero-order chi connectivity index (χ0) is 20.4. The summed E-state index contributed by atoms with van der Waals surface area (Å²) in [7, 11) is 0. The molecule has 0 aliphatic carbocycles. The minimum Gasteiger partial charge on any atom is -1.00 e. The number of rotatable bonds is 6. The van der Waals surface area contributed by atoms with E-state index < -0.39 is 5.97 Å². The van der Waals surface area contributed by atoms with E-state index >= 15 is 0 Å². The van der Waals surface area contributed by atoms with Crippen molar-refractivity contribution in [3.8, 4) is 0 Å². The van der Waals surface area contributed by atoms with E-state index in [9.17, 15) is 4.79 Å². The Hall–Kier alpha value is -2.78. The second-order valence-electron chi connectivity index (χ2n) is 6.51. The van der Waals surface area contributed by atoms with Crippen LogP contribution < -0.4 is 28.1 Å². The molecule has 4 aromatic rings. The number of esters is 1. The molecule has 0 saturated heterocycles. The summed E-state index contributed by atoms with van der Waals surface area (Å²) >= 11 is 1.25. The molecule has 4 rings (SSSR count). The molecule has 30 heavy (non-hydrogen) atoms. The number of aromatic nitrogens is 3. The van der Waals surface area contributed by atoms with Crippen molar-refractivity contribution in [3.05, 3.63) is 71.5 Å². The van der Waals surface area contributed by atoms with Gasteiger partial charge >= 0.3 is 5.97 Å². The largest absolute Gasteiger partial charge is 1.00 e. The Balaban J connectivity index is 0.00000256. The maximum Gasteiger partial charge on any atom is 0.357 e. The fourth-order valence-electron chi connectivity index (χ4n) is 3.43. The molecule has 0 unspecified atom stereocenters. The van der Waals surface area contributed by atoms with Crippen molar-refractivity contribution in [1.29, 1.82) is 0 Å². The quantitative estimate of drug-likeness (QED) is 0.202. The summed E-state index contributed by atoms with van der Waals surface area (Å²) in [5.41, 5.74) is 9.67. The third kappa shape index (κ3) is 4.08. The van der Waals surface area contributed by atoms with Gasteiger partial charge in [-0.2, -0.15) is 0 Å². The van der Waals surface area contributed by atoms with Crippen LogP contribution >= 0.6 is 11.8 Å². The third-order valence-electron chi connectivity index (χ3n) is 4.61. The van der Waals surface area contributed by atoms with E-state index in [1.165, 1.54) is 11.8 Å². The van der Waals surface area contributed by atoms with Gasteiger partial charge in [-0.1, -0.05) is 42.5 Å². The lowest BCUT2D eigenvalue weighted by molar-refractivity contribution is -0.110. The summed E-state index contributed by atoms with van der Waals surface area (Å²) in [5.74, 6) is 0.663. The first-order chi connectivity index (χ1) is 14.1. The molecule has 0 atom stereocenters. The van der Waals surface area contributed by atoms with Gasteiger partial charge in [0.2, 0.25) is 5.78 Å². The van der Waals surface area contributed by atoms with Gasteiger partial charge in [-0.25, -0.2) is 9.78 Å². The number of hydrogen-bond donors (Lipinski definition) is 2. The van der Waals surface area contributed by atoms with Crippen molar-refractivity contribution in [2.75, 3.05) is 6.61 Å². The molecule has 0 radical (unpaired) electrons. The number of carbonyl (C=O) groups excluding carboxylic acids is 1. The van der Waals surface area contributed by atoms with Crippen molar-refractivity contribution in [2.45, 2.75) is 19.2 Å². The summed E-state index contributed by atoms with van der Waals surface area (Å²) in [6.45, 7) is 2.70. The number of halogens is 1. The maximum atomic E-state index is 12.8. The molecule has 0 bridgehead atoms. The van der Waals surface area contributed by atoms with E-state index in [2.05, 4.69) is 16.7 Å². The first-order valence-electron chi connectivity index (χ1n) is 9.30. The Morgan fingerprint density at radius 3 is 2.47 bits per heavy atom. The van der Waals surface area contributed by atoms with Gasteiger partial charge in [0.25, 0.3) is 5.17 Å². The number of amidine groups is 1. The van der Waals surface area contributed by atoms with Crippen molar-refractivity contribution >= 4 is 39.7 Å². The van der Waals surface area contributed by atoms with Crippen LogP contribution in [0.1, 0.15) is 28.7 Å². The van der Waals surface area contributed by atoms with Crippen LogP contribution in [0.2, 0.25) is 0 Å². The highest BCUT2D eigenvalue weighted by Crippen LogP contribution is 2.27. The molecule has 0 fully saturated rings. The average molecular weight is 488 g/mol. The number of thioether (sulfide) groups is 1. The van der Waals surface area contributed by atoms with E-state index in [-0.39, 0.29) is 28.8 Å². The smallest absolute Gasteiger partial charge is 0.357 e.